The molecule has 2 aromatic rings. The van der Waals surface area contributed by atoms with Gasteiger partial charge in [0.1, 0.15) is 5.69 Å². The molecule has 156 valence electrons. The minimum Gasteiger partial charge on any atom is -0.337 e. The van der Waals surface area contributed by atoms with Gasteiger partial charge in [-0.05, 0) is 24.5 Å². The second-order valence-electron chi connectivity index (χ2n) is 8.16. The maximum absolute atomic E-state index is 13.1. The number of amides is 2. The number of likely N-dealkylation sites (tertiary alicyclic amines) is 2. The van der Waals surface area contributed by atoms with Crippen molar-refractivity contribution in [2.75, 3.05) is 19.6 Å². The second-order valence-corrected chi connectivity index (χ2v) is 8.16. The predicted molar refractivity (Wildman–Crippen MR) is 115 cm³/mol. The molecular weight excluding hydrogens is 378 g/mol. The fraction of sp³-hybridized carbons (Fsp3) is 0.375. The number of nitrogens with zero attached hydrogens (tertiary/aromatic N) is 3. The van der Waals surface area contributed by atoms with E-state index >= 15 is 0 Å². The van der Waals surface area contributed by atoms with Gasteiger partial charge in [-0.25, -0.2) is 0 Å². The lowest BCUT2D eigenvalue weighted by Crippen LogP contribution is -2.56. The van der Waals surface area contributed by atoms with Crippen molar-refractivity contribution in [1.29, 1.82) is 0 Å². The zero-order valence-corrected chi connectivity index (χ0v) is 17.3. The third-order valence-electron chi connectivity index (χ3n) is 6.70. The van der Waals surface area contributed by atoms with Gasteiger partial charge in [-0.2, -0.15) is 0 Å². The van der Waals surface area contributed by atoms with E-state index < -0.39 is 0 Å². The first-order valence-corrected chi connectivity index (χ1v) is 10.4. The van der Waals surface area contributed by atoms with Gasteiger partial charge in [0.05, 0.1) is 5.54 Å². The van der Waals surface area contributed by atoms with Gasteiger partial charge in [-0.15, -0.1) is 6.58 Å². The average molecular weight is 405 g/mol. The van der Waals surface area contributed by atoms with E-state index in [1.165, 1.54) is 16.2 Å². The van der Waals surface area contributed by atoms with Gasteiger partial charge in [0.15, 0.2) is 0 Å². The van der Waals surface area contributed by atoms with Crippen LogP contribution in [0.3, 0.4) is 0 Å². The van der Waals surface area contributed by atoms with Gasteiger partial charge in [-0.3, -0.25) is 14.4 Å². The normalized spacial score (nSPS) is 20.6. The lowest BCUT2D eigenvalue weighted by Gasteiger charge is -2.48. The molecule has 0 bridgehead atoms. The maximum atomic E-state index is 13.1. The molecule has 0 aliphatic carbocycles. The standard InChI is InChI=1S/C24H27N3O3/c1-3-14-27-22(29)17-19(18-8-5-4-6-9-18)24(27)12-15-26(16-13-24)23(30)20-10-7-11-21(28)25(20)2/h3-11,19H,1,12-17H2,2H3. The van der Waals surface area contributed by atoms with E-state index in [-0.39, 0.29) is 28.8 Å². The number of hydrogen-bond acceptors (Lipinski definition) is 3. The number of carbonyl (C=O) groups is 2. The molecule has 2 aliphatic heterocycles. The molecule has 1 unspecified atom stereocenters. The van der Waals surface area contributed by atoms with Gasteiger partial charge in [0.25, 0.3) is 11.5 Å². The molecule has 6 heteroatoms. The van der Waals surface area contributed by atoms with Crippen molar-refractivity contribution < 1.29 is 9.59 Å². The summed E-state index contributed by atoms with van der Waals surface area (Å²) >= 11 is 0. The van der Waals surface area contributed by atoms with Crippen LogP contribution in [0.25, 0.3) is 0 Å². The van der Waals surface area contributed by atoms with Crippen molar-refractivity contribution >= 4 is 11.8 Å². The molecule has 2 amide bonds. The molecule has 1 aromatic carbocycles. The highest BCUT2D eigenvalue weighted by molar-refractivity contribution is 5.92. The van der Waals surface area contributed by atoms with Crippen LogP contribution in [0, 0.1) is 0 Å². The fourth-order valence-electron chi connectivity index (χ4n) is 5.09. The van der Waals surface area contributed by atoms with E-state index in [1.54, 1.807) is 30.2 Å². The van der Waals surface area contributed by atoms with Crippen molar-refractivity contribution in [3.63, 3.8) is 0 Å². The highest BCUT2D eigenvalue weighted by Crippen LogP contribution is 2.48. The third-order valence-corrected chi connectivity index (χ3v) is 6.70. The van der Waals surface area contributed by atoms with Crippen LogP contribution < -0.4 is 5.56 Å². The maximum Gasteiger partial charge on any atom is 0.270 e. The lowest BCUT2D eigenvalue weighted by molar-refractivity contribution is -0.131. The molecule has 1 aromatic heterocycles. The Morgan fingerprint density at radius 1 is 1.10 bits per heavy atom. The summed E-state index contributed by atoms with van der Waals surface area (Å²) in [5.41, 5.74) is 1.05. The molecule has 4 rings (SSSR count). The molecule has 2 aliphatic rings. The van der Waals surface area contributed by atoms with Crippen molar-refractivity contribution in [2.24, 2.45) is 7.05 Å². The van der Waals surface area contributed by atoms with Gasteiger partial charge >= 0.3 is 0 Å². The van der Waals surface area contributed by atoms with Crippen LogP contribution in [0.15, 0.2) is 66.0 Å². The van der Waals surface area contributed by atoms with Crippen LogP contribution in [0.4, 0.5) is 0 Å². The van der Waals surface area contributed by atoms with Crippen LogP contribution in [0.1, 0.15) is 41.2 Å². The van der Waals surface area contributed by atoms with Gasteiger partial charge in [-0.1, -0.05) is 42.5 Å². The summed E-state index contributed by atoms with van der Waals surface area (Å²) in [6, 6.07) is 14.9. The zero-order valence-electron chi connectivity index (χ0n) is 17.3. The SMILES string of the molecule is C=CCN1C(=O)CC(c2ccccc2)C12CCN(C(=O)c1cccc(=O)n1C)CC2. The Bertz CT molecular complexity index is 1020. The summed E-state index contributed by atoms with van der Waals surface area (Å²) in [5, 5.41) is 0. The van der Waals surface area contributed by atoms with E-state index in [9.17, 15) is 14.4 Å². The Morgan fingerprint density at radius 3 is 2.47 bits per heavy atom. The smallest absolute Gasteiger partial charge is 0.270 e. The molecule has 1 atom stereocenters. The molecule has 1 spiro atoms. The molecule has 0 saturated carbocycles. The lowest BCUT2D eigenvalue weighted by atomic mass is 9.73. The molecule has 2 fully saturated rings. The molecule has 30 heavy (non-hydrogen) atoms. The average Bonchev–Trinajstić information content (AvgIpc) is 3.03. The Hall–Kier alpha value is -3.15. The summed E-state index contributed by atoms with van der Waals surface area (Å²) in [6.07, 6.45) is 3.68. The first kappa shape index (κ1) is 20.1. The molecule has 0 radical (unpaired) electrons. The van der Waals surface area contributed by atoms with Gasteiger partial charge in [0, 0.05) is 45.1 Å². The van der Waals surface area contributed by atoms with Crippen LogP contribution in [-0.4, -0.2) is 51.4 Å². The highest BCUT2D eigenvalue weighted by Gasteiger charge is 2.54. The summed E-state index contributed by atoms with van der Waals surface area (Å²) in [6.45, 7) is 5.46. The third kappa shape index (κ3) is 3.26. The number of aromatic nitrogens is 1. The van der Waals surface area contributed by atoms with E-state index in [2.05, 4.69) is 18.7 Å². The Labute approximate surface area is 176 Å². The molecule has 6 nitrogen and oxygen atoms in total. The Morgan fingerprint density at radius 2 is 1.80 bits per heavy atom. The number of rotatable bonds is 4. The molecule has 2 saturated heterocycles. The number of piperidine rings is 1. The summed E-state index contributed by atoms with van der Waals surface area (Å²) in [4.78, 5) is 41.7. The summed E-state index contributed by atoms with van der Waals surface area (Å²) < 4.78 is 1.39. The number of benzene rings is 1. The molecular formula is C24H27N3O3. The van der Waals surface area contributed by atoms with Crippen LogP contribution in [-0.2, 0) is 11.8 Å². The van der Waals surface area contributed by atoms with E-state index in [4.69, 9.17) is 0 Å². The molecule has 0 N–H and O–H groups in total. The van der Waals surface area contributed by atoms with Crippen molar-refractivity contribution in [2.45, 2.75) is 30.7 Å². The van der Waals surface area contributed by atoms with Gasteiger partial charge < -0.3 is 14.4 Å². The highest BCUT2D eigenvalue weighted by atomic mass is 16.2. The topological polar surface area (TPSA) is 62.6 Å². The predicted octanol–water partition coefficient (Wildman–Crippen LogP) is 2.56. The number of pyridine rings is 1. The van der Waals surface area contributed by atoms with E-state index in [1.807, 2.05) is 23.1 Å². The number of hydrogen-bond donors (Lipinski definition) is 0. The van der Waals surface area contributed by atoms with Crippen molar-refractivity contribution in [1.82, 2.24) is 14.4 Å². The quantitative estimate of drug-likeness (QED) is 0.735. The second kappa shape index (κ2) is 7.94. The minimum atomic E-state index is -0.314. The fourth-order valence-corrected chi connectivity index (χ4v) is 5.09. The van der Waals surface area contributed by atoms with Crippen LogP contribution in [0.5, 0.6) is 0 Å². The Kier molecular flexibility index (Phi) is 5.33. The van der Waals surface area contributed by atoms with Crippen molar-refractivity contribution in [3.8, 4) is 0 Å². The zero-order chi connectivity index (χ0) is 21.3. The van der Waals surface area contributed by atoms with Crippen molar-refractivity contribution in [3.05, 3.63) is 82.8 Å². The summed E-state index contributed by atoms with van der Waals surface area (Å²) in [5.74, 6) is 0.111. The largest absolute Gasteiger partial charge is 0.337 e. The minimum absolute atomic E-state index is 0.101. The first-order valence-electron chi connectivity index (χ1n) is 10.4. The first-order chi connectivity index (χ1) is 14.5. The Balaban J connectivity index is 1.61. The van der Waals surface area contributed by atoms with E-state index in [0.717, 1.165) is 0 Å². The van der Waals surface area contributed by atoms with Crippen LogP contribution in [0.2, 0.25) is 0 Å². The monoisotopic (exact) mass is 405 g/mol. The molecule has 3 heterocycles. The number of carbonyl (C=O) groups excluding carboxylic acids is 2. The van der Waals surface area contributed by atoms with E-state index in [0.29, 0.717) is 44.6 Å². The summed E-state index contributed by atoms with van der Waals surface area (Å²) in [7, 11) is 1.62. The van der Waals surface area contributed by atoms with Gasteiger partial charge in [0.2, 0.25) is 5.91 Å². The van der Waals surface area contributed by atoms with Crippen LogP contribution >= 0.6 is 0 Å².